The first-order chi connectivity index (χ1) is 11.4. The van der Waals surface area contributed by atoms with E-state index < -0.39 is 0 Å². The number of fused-ring (bicyclic) bond motifs is 2. The summed E-state index contributed by atoms with van der Waals surface area (Å²) in [5.74, 6) is 0. The van der Waals surface area contributed by atoms with Crippen molar-refractivity contribution >= 4 is 33.3 Å². The van der Waals surface area contributed by atoms with Gasteiger partial charge in [0.15, 0.2) is 0 Å². The predicted molar refractivity (Wildman–Crippen MR) is 98.4 cm³/mol. The molecule has 0 bridgehead atoms. The second kappa shape index (κ2) is 5.79. The maximum atomic E-state index is 9.19. The standard InChI is InChI=1S/C21H13NS/c22-14-23-20-13-12-16-7-2-4-10-18(16)21(20)19-11-5-8-15-6-1-3-9-17(15)19/h1-13H. The van der Waals surface area contributed by atoms with E-state index in [1.54, 1.807) is 0 Å². The van der Waals surface area contributed by atoms with Crippen LogP contribution in [0.15, 0.2) is 83.8 Å². The molecule has 4 aromatic rings. The Hall–Kier alpha value is -2.76. The summed E-state index contributed by atoms with van der Waals surface area (Å²) in [6.45, 7) is 0. The van der Waals surface area contributed by atoms with E-state index in [1.165, 1.54) is 38.9 Å². The largest absolute Gasteiger partial charge is 0.185 e. The van der Waals surface area contributed by atoms with Gasteiger partial charge in [-0.05, 0) is 44.9 Å². The maximum Gasteiger partial charge on any atom is 0.138 e. The van der Waals surface area contributed by atoms with E-state index in [4.69, 9.17) is 0 Å². The average molecular weight is 311 g/mol. The van der Waals surface area contributed by atoms with E-state index in [-0.39, 0.29) is 0 Å². The molecule has 2 heteroatoms. The number of rotatable bonds is 2. The Kier molecular flexibility index (Phi) is 3.49. The maximum absolute atomic E-state index is 9.19. The minimum Gasteiger partial charge on any atom is -0.185 e. The van der Waals surface area contributed by atoms with Gasteiger partial charge >= 0.3 is 0 Å². The highest BCUT2D eigenvalue weighted by molar-refractivity contribution is 8.03. The van der Waals surface area contributed by atoms with Crippen LogP contribution in [0.25, 0.3) is 32.7 Å². The van der Waals surface area contributed by atoms with Gasteiger partial charge in [0.1, 0.15) is 5.40 Å². The quantitative estimate of drug-likeness (QED) is 0.323. The van der Waals surface area contributed by atoms with Gasteiger partial charge < -0.3 is 0 Å². The van der Waals surface area contributed by atoms with Crippen molar-refractivity contribution in [1.82, 2.24) is 0 Å². The molecule has 0 aliphatic heterocycles. The van der Waals surface area contributed by atoms with Gasteiger partial charge in [0.25, 0.3) is 0 Å². The second-order valence-electron chi connectivity index (χ2n) is 5.38. The Morgan fingerprint density at radius 2 is 1.30 bits per heavy atom. The van der Waals surface area contributed by atoms with Crippen LogP contribution in [0.5, 0.6) is 0 Å². The minimum absolute atomic E-state index is 1.00. The normalized spacial score (nSPS) is 10.7. The number of thioether (sulfide) groups is 1. The van der Waals surface area contributed by atoms with Crippen LogP contribution in [0.4, 0.5) is 0 Å². The van der Waals surface area contributed by atoms with Crippen LogP contribution >= 0.6 is 11.8 Å². The Balaban J connectivity index is 2.15. The molecule has 1 nitrogen and oxygen atoms in total. The van der Waals surface area contributed by atoms with Crippen LogP contribution < -0.4 is 0 Å². The van der Waals surface area contributed by atoms with Gasteiger partial charge in [-0.1, -0.05) is 72.8 Å². The molecule has 0 aliphatic rings. The van der Waals surface area contributed by atoms with Gasteiger partial charge in [-0.2, -0.15) is 5.26 Å². The van der Waals surface area contributed by atoms with E-state index >= 15 is 0 Å². The molecular formula is C21H13NS. The zero-order chi connectivity index (χ0) is 15.6. The van der Waals surface area contributed by atoms with E-state index in [1.807, 2.05) is 12.1 Å². The summed E-state index contributed by atoms with van der Waals surface area (Å²) < 4.78 is 0. The van der Waals surface area contributed by atoms with Crippen LogP contribution in [0.2, 0.25) is 0 Å². The molecule has 0 aromatic heterocycles. The molecule has 0 amide bonds. The zero-order valence-electron chi connectivity index (χ0n) is 12.4. The van der Waals surface area contributed by atoms with Crippen LogP contribution in [-0.4, -0.2) is 0 Å². The van der Waals surface area contributed by atoms with Crippen LogP contribution in [0.1, 0.15) is 0 Å². The van der Waals surface area contributed by atoms with E-state index in [0.29, 0.717) is 0 Å². The van der Waals surface area contributed by atoms with Gasteiger partial charge in [-0.25, -0.2) is 0 Å². The highest BCUT2D eigenvalue weighted by atomic mass is 32.2. The van der Waals surface area contributed by atoms with Crippen molar-refractivity contribution in [3.63, 3.8) is 0 Å². The van der Waals surface area contributed by atoms with Gasteiger partial charge in [0.05, 0.1) is 0 Å². The molecule has 0 fully saturated rings. The average Bonchev–Trinajstić information content (AvgIpc) is 2.61. The fourth-order valence-electron chi connectivity index (χ4n) is 3.11. The fourth-order valence-corrected chi connectivity index (χ4v) is 3.66. The lowest BCUT2D eigenvalue weighted by Crippen LogP contribution is -1.87. The number of thiocyanates is 1. The van der Waals surface area contributed by atoms with Gasteiger partial charge in [0.2, 0.25) is 0 Å². The molecule has 0 heterocycles. The third kappa shape index (κ3) is 2.36. The Labute approximate surface area is 139 Å². The second-order valence-corrected chi connectivity index (χ2v) is 6.21. The van der Waals surface area contributed by atoms with Crippen molar-refractivity contribution in [2.24, 2.45) is 0 Å². The third-order valence-corrected chi connectivity index (χ3v) is 4.76. The molecule has 0 radical (unpaired) electrons. The molecule has 0 N–H and O–H groups in total. The van der Waals surface area contributed by atoms with Gasteiger partial charge in [-0.15, -0.1) is 0 Å². The lowest BCUT2D eigenvalue weighted by atomic mass is 9.94. The zero-order valence-corrected chi connectivity index (χ0v) is 13.2. The van der Waals surface area contributed by atoms with Crippen molar-refractivity contribution in [1.29, 1.82) is 5.26 Å². The first kappa shape index (κ1) is 13.9. The summed E-state index contributed by atoms with van der Waals surface area (Å²) in [7, 11) is 0. The van der Waals surface area contributed by atoms with Crippen molar-refractivity contribution in [3.05, 3.63) is 78.9 Å². The predicted octanol–water partition coefficient (Wildman–Crippen LogP) is 6.23. The molecule has 0 spiro atoms. The van der Waals surface area contributed by atoms with Crippen molar-refractivity contribution in [3.8, 4) is 16.5 Å². The number of nitriles is 1. The first-order valence-corrected chi connectivity index (χ1v) is 8.26. The highest BCUT2D eigenvalue weighted by Gasteiger charge is 2.13. The Bertz CT molecular complexity index is 1050. The molecular weight excluding hydrogens is 298 g/mol. The lowest BCUT2D eigenvalue weighted by Gasteiger charge is -2.13. The molecule has 0 aliphatic carbocycles. The summed E-state index contributed by atoms with van der Waals surface area (Å²) in [5, 5.41) is 16.2. The lowest BCUT2D eigenvalue weighted by molar-refractivity contribution is 1.49. The van der Waals surface area contributed by atoms with Crippen molar-refractivity contribution < 1.29 is 0 Å². The summed E-state index contributed by atoms with van der Waals surface area (Å²) in [6, 6.07) is 27.2. The summed E-state index contributed by atoms with van der Waals surface area (Å²) >= 11 is 1.23. The van der Waals surface area contributed by atoms with Crippen LogP contribution in [-0.2, 0) is 0 Å². The minimum atomic E-state index is 1.00. The number of hydrogen-bond acceptors (Lipinski definition) is 2. The summed E-state index contributed by atoms with van der Waals surface area (Å²) in [5.41, 5.74) is 2.32. The highest BCUT2D eigenvalue weighted by Crippen LogP contribution is 2.40. The fraction of sp³-hybridized carbons (Fsp3) is 0. The Morgan fingerprint density at radius 1 is 0.652 bits per heavy atom. The molecule has 0 saturated heterocycles. The number of nitrogens with zero attached hydrogens (tertiary/aromatic N) is 1. The summed E-state index contributed by atoms with van der Waals surface area (Å²) in [4.78, 5) is 1.00. The van der Waals surface area contributed by atoms with E-state index in [2.05, 4.69) is 72.1 Å². The molecule has 23 heavy (non-hydrogen) atoms. The molecule has 4 aromatic carbocycles. The first-order valence-electron chi connectivity index (χ1n) is 7.44. The van der Waals surface area contributed by atoms with Crippen molar-refractivity contribution in [2.75, 3.05) is 0 Å². The SMILES string of the molecule is N#CSc1ccc2ccccc2c1-c1cccc2ccccc12. The van der Waals surface area contributed by atoms with E-state index in [0.717, 1.165) is 10.5 Å². The van der Waals surface area contributed by atoms with Crippen molar-refractivity contribution in [2.45, 2.75) is 4.90 Å². The smallest absolute Gasteiger partial charge is 0.138 e. The molecule has 108 valence electrons. The third-order valence-electron chi connectivity index (χ3n) is 4.11. The number of benzene rings is 4. The Morgan fingerprint density at radius 3 is 2.09 bits per heavy atom. The number of hydrogen-bond donors (Lipinski definition) is 0. The topological polar surface area (TPSA) is 23.8 Å². The van der Waals surface area contributed by atoms with Gasteiger partial charge in [0, 0.05) is 10.5 Å². The summed E-state index contributed by atoms with van der Waals surface area (Å²) in [6.07, 6.45) is 0. The molecule has 0 saturated carbocycles. The molecule has 4 rings (SSSR count). The molecule has 0 atom stereocenters. The van der Waals surface area contributed by atoms with Crippen LogP contribution in [0.3, 0.4) is 0 Å². The molecule has 0 unspecified atom stereocenters. The van der Waals surface area contributed by atoms with Gasteiger partial charge in [-0.3, -0.25) is 0 Å². The van der Waals surface area contributed by atoms with Crippen LogP contribution in [0, 0.1) is 10.7 Å². The van der Waals surface area contributed by atoms with E-state index in [9.17, 15) is 5.26 Å². The monoisotopic (exact) mass is 311 g/mol.